The maximum absolute atomic E-state index is 2.34. The van der Waals surface area contributed by atoms with Crippen LogP contribution in [0.5, 0.6) is 0 Å². The van der Waals surface area contributed by atoms with Crippen LogP contribution in [0.25, 0.3) is 0 Å². The smallest absolute Gasteiger partial charge is 0.0203 e. The minimum absolute atomic E-state index is 0.365. The molecule has 0 saturated carbocycles. The molecule has 78 valence electrons. The zero-order valence-corrected chi connectivity index (χ0v) is 9.90. The fraction of sp³-hybridized carbons (Fsp3) is 0.846. The molecule has 0 heteroatoms. The van der Waals surface area contributed by atoms with Crippen molar-refractivity contribution in [3.63, 3.8) is 0 Å². The molecule has 0 heterocycles. The van der Waals surface area contributed by atoms with Gasteiger partial charge in [0.25, 0.3) is 0 Å². The van der Waals surface area contributed by atoms with Gasteiger partial charge in [-0.05, 0) is 18.3 Å². The van der Waals surface area contributed by atoms with Gasteiger partial charge in [0.1, 0.15) is 0 Å². The summed E-state index contributed by atoms with van der Waals surface area (Å²) >= 11 is 0. The molecule has 0 aliphatic carbocycles. The molecule has 0 spiro atoms. The van der Waals surface area contributed by atoms with E-state index in [1.807, 2.05) is 0 Å². The van der Waals surface area contributed by atoms with Gasteiger partial charge in [0.2, 0.25) is 0 Å². The average Bonchev–Trinajstić information content (AvgIpc) is 2.01. The summed E-state index contributed by atoms with van der Waals surface area (Å²) in [6, 6.07) is 0. The molecule has 0 N–H and O–H groups in total. The van der Waals surface area contributed by atoms with Crippen LogP contribution >= 0.6 is 0 Å². The third kappa shape index (κ3) is 11.7. The quantitative estimate of drug-likeness (QED) is 0.403. The molecule has 0 saturated heterocycles. The average molecular weight is 182 g/mol. The summed E-state index contributed by atoms with van der Waals surface area (Å²) in [5.41, 5.74) is 0.365. The Morgan fingerprint density at radius 2 is 1.54 bits per heavy atom. The molecule has 0 amide bonds. The van der Waals surface area contributed by atoms with Crippen LogP contribution < -0.4 is 0 Å². The van der Waals surface area contributed by atoms with Crippen molar-refractivity contribution in [1.29, 1.82) is 0 Å². The van der Waals surface area contributed by atoms with Crippen LogP contribution in [-0.4, -0.2) is 0 Å². The summed E-state index contributed by atoms with van der Waals surface area (Å²) in [7, 11) is 0. The summed E-state index contributed by atoms with van der Waals surface area (Å²) in [6.07, 6.45) is 12.9. The van der Waals surface area contributed by atoms with Crippen molar-refractivity contribution in [1.82, 2.24) is 0 Å². The fourth-order valence-electron chi connectivity index (χ4n) is 1.30. The van der Waals surface area contributed by atoms with Gasteiger partial charge in [-0.15, -0.1) is 0 Å². The van der Waals surface area contributed by atoms with Crippen molar-refractivity contribution in [2.45, 2.75) is 66.2 Å². The summed E-state index contributed by atoms with van der Waals surface area (Å²) in [6.45, 7) is 9.02. The zero-order chi connectivity index (χ0) is 10.2. The van der Waals surface area contributed by atoms with Gasteiger partial charge in [0.15, 0.2) is 0 Å². The predicted molar refractivity (Wildman–Crippen MR) is 62.0 cm³/mol. The first-order valence-corrected chi connectivity index (χ1v) is 5.74. The highest BCUT2D eigenvalue weighted by atomic mass is 14.1. The summed E-state index contributed by atoms with van der Waals surface area (Å²) in [5.74, 6) is 0. The number of hydrogen-bond donors (Lipinski definition) is 0. The first-order chi connectivity index (χ1) is 6.06. The molecular formula is C13H26. The van der Waals surface area contributed by atoms with Gasteiger partial charge in [-0.1, -0.05) is 65.5 Å². The monoisotopic (exact) mass is 182 g/mol. The van der Waals surface area contributed by atoms with Crippen LogP contribution in [0.4, 0.5) is 0 Å². The van der Waals surface area contributed by atoms with Crippen LogP contribution in [0, 0.1) is 5.41 Å². The van der Waals surface area contributed by atoms with Gasteiger partial charge < -0.3 is 0 Å². The Hall–Kier alpha value is -0.260. The Morgan fingerprint density at radius 1 is 0.923 bits per heavy atom. The van der Waals surface area contributed by atoms with Crippen molar-refractivity contribution in [2.75, 3.05) is 0 Å². The van der Waals surface area contributed by atoms with Crippen molar-refractivity contribution in [3.05, 3.63) is 12.2 Å². The molecule has 0 bridgehead atoms. The van der Waals surface area contributed by atoms with Gasteiger partial charge in [-0.25, -0.2) is 0 Å². The highest BCUT2D eigenvalue weighted by Gasteiger charge is 2.02. The highest BCUT2D eigenvalue weighted by molar-refractivity contribution is 4.91. The van der Waals surface area contributed by atoms with Crippen LogP contribution in [0.2, 0.25) is 0 Å². The second kappa shape index (κ2) is 7.17. The number of rotatable bonds is 6. The van der Waals surface area contributed by atoms with Gasteiger partial charge in [-0.3, -0.25) is 0 Å². The molecule has 0 nitrogen and oxygen atoms in total. The topological polar surface area (TPSA) is 0 Å². The molecule has 0 aliphatic rings. The SMILES string of the molecule is CCCCCCC/C=C\C(C)(C)C. The van der Waals surface area contributed by atoms with Crippen molar-refractivity contribution >= 4 is 0 Å². The Kier molecular flexibility index (Phi) is 7.03. The molecule has 0 unspecified atom stereocenters. The van der Waals surface area contributed by atoms with Crippen LogP contribution in [-0.2, 0) is 0 Å². The third-order valence-corrected chi connectivity index (χ3v) is 2.09. The van der Waals surface area contributed by atoms with Crippen LogP contribution in [0.15, 0.2) is 12.2 Å². The first-order valence-electron chi connectivity index (χ1n) is 5.74. The van der Waals surface area contributed by atoms with Gasteiger partial charge in [0.05, 0.1) is 0 Å². The van der Waals surface area contributed by atoms with Gasteiger partial charge >= 0.3 is 0 Å². The Balaban J connectivity index is 3.21. The van der Waals surface area contributed by atoms with Crippen molar-refractivity contribution in [2.24, 2.45) is 5.41 Å². The van der Waals surface area contributed by atoms with E-state index in [1.165, 1.54) is 38.5 Å². The lowest BCUT2D eigenvalue weighted by atomic mass is 9.95. The van der Waals surface area contributed by atoms with Crippen LogP contribution in [0.1, 0.15) is 66.2 Å². The van der Waals surface area contributed by atoms with E-state index in [4.69, 9.17) is 0 Å². The fourth-order valence-corrected chi connectivity index (χ4v) is 1.30. The Bertz CT molecular complexity index is 125. The maximum Gasteiger partial charge on any atom is -0.0203 e. The van der Waals surface area contributed by atoms with E-state index in [0.29, 0.717) is 5.41 Å². The Labute approximate surface area is 84.4 Å². The second-order valence-electron chi connectivity index (χ2n) is 4.97. The van der Waals surface area contributed by atoms with E-state index in [-0.39, 0.29) is 0 Å². The lowest BCUT2D eigenvalue weighted by molar-refractivity contribution is 0.540. The van der Waals surface area contributed by atoms with E-state index < -0.39 is 0 Å². The lowest BCUT2D eigenvalue weighted by Gasteiger charge is -2.10. The molecule has 13 heavy (non-hydrogen) atoms. The molecule has 0 aromatic heterocycles. The van der Waals surface area contributed by atoms with E-state index in [9.17, 15) is 0 Å². The molecule has 0 atom stereocenters. The Morgan fingerprint density at radius 3 is 2.08 bits per heavy atom. The first kappa shape index (κ1) is 12.7. The highest BCUT2D eigenvalue weighted by Crippen LogP contribution is 2.15. The third-order valence-electron chi connectivity index (χ3n) is 2.09. The van der Waals surface area contributed by atoms with Gasteiger partial charge in [-0.2, -0.15) is 0 Å². The largest absolute Gasteiger partial charge is 0.0880 e. The number of allylic oxidation sites excluding steroid dienone is 2. The molecule has 0 aromatic rings. The van der Waals surface area contributed by atoms with E-state index >= 15 is 0 Å². The normalized spacial score (nSPS) is 12.6. The number of hydrogen-bond acceptors (Lipinski definition) is 0. The molecule has 0 fully saturated rings. The van der Waals surface area contributed by atoms with Crippen molar-refractivity contribution in [3.8, 4) is 0 Å². The minimum atomic E-state index is 0.365. The summed E-state index contributed by atoms with van der Waals surface area (Å²) in [4.78, 5) is 0. The zero-order valence-electron chi connectivity index (χ0n) is 9.90. The molecule has 0 aliphatic heterocycles. The maximum atomic E-state index is 2.34. The van der Waals surface area contributed by atoms with Crippen molar-refractivity contribution < 1.29 is 0 Å². The van der Waals surface area contributed by atoms with Crippen LogP contribution in [0.3, 0.4) is 0 Å². The van der Waals surface area contributed by atoms with E-state index in [1.54, 1.807) is 0 Å². The van der Waals surface area contributed by atoms with Gasteiger partial charge in [0, 0.05) is 0 Å². The summed E-state index contributed by atoms with van der Waals surface area (Å²) < 4.78 is 0. The van der Waals surface area contributed by atoms with E-state index in [0.717, 1.165) is 0 Å². The van der Waals surface area contributed by atoms with E-state index in [2.05, 4.69) is 39.8 Å². The lowest BCUT2D eigenvalue weighted by Crippen LogP contribution is -1.97. The predicted octanol–water partition coefficient (Wildman–Crippen LogP) is 4.95. The summed E-state index contributed by atoms with van der Waals surface area (Å²) in [5, 5.41) is 0. The second-order valence-corrected chi connectivity index (χ2v) is 4.97. The number of unbranched alkanes of at least 4 members (excludes halogenated alkanes) is 5. The molecule has 0 rings (SSSR count). The standard InChI is InChI=1S/C13H26/c1-5-6-7-8-9-10-11-12-13(2,3)4/h11-12H,5-10H2,1-4H3/b12-11-. The molecule has 0 aromatic carbocycles. The molecule has 0 radical (unpaired) electrons. The minimum Gasteiger partial charge on any atom is -0.0880 e. The molecular weight excluding hydrogens is 156 g/mol.